The monoisotopic (exact) mass is 375 g/mol. The first-order chi connectivity index (χ1) is 12.0. The number of hydrogen-bond acceptors (Lipinski definition) is 4. The molecule has 0 spiro atoms. The topological polar surface area (TPSA) is 101 Å². The fourth-order valence-electron chi connectivity index (χ4n) is 2.34. The Bertz CT molecular complexity index is 916. The van der Waals surface area contributed by atoms with E-state index in [9.17, 15) is 13.2 Å². The second kappa shape index (κ2) is 7.47. The van der Waals surface area contributed by atoms with Gasteiger partial charge in [0.25, 0.3) is 15.9 Å². The van der Waals surface area contributed by atoms with Crippen LogP contribution in [0.2, 0.25) is 0 Å². The van der Waals surface area contributed by atoms with Crippen LogP contribution in [0.3, 0.4) is 0 Å². The molecule has 26 heavy (non-hydrogen) atoms. The first-order valence-corrected chi connectivity index (χ1v) is 9.73. The number of nitrogens with two attached hydrogens (primary N) is 1. The van der Waals surface area contributed by atoms with Gasteiger partial charge >= 0.3 is 0 Å². The van der Waals surface area contributed by atoms with E-state index in [-0.39, 0.29) is 10.8 Å². The van der Waals surface area contributed by atoms with Crippen molar-refractivity contribution in [3.8, 4) is 0 Å². The van der Waals surface area contributed by atoms with Crippen molar-refractivity contribution in [2.45, 2.75) is 38.1 Å². The highest BCUT2D eigenvalue weighted by Crippen LogP contribution is 2.21. The zero-order valence-corrected chi connectivity index (χ0v) is 16.3. The van der Waals surface area contributed by atoms with Gasteiger partial charge in [0.05, 0.1) is 4.90 Å². The van der Waals surface area contributed by atoms with Gasteiger partial charge in [-0.25, -0.2) is 8.42 Å². The molecule has 2 aromatic rings. The van der Waals surface area contributed by atoms with E-state index in [1.54, 1.807) is 37.3 Å². The molecule has 0 aliphatic carbocycles. The molecule has 4 N–H and O–H groups in total. The third-order valence-electron chi connectivity index (χ3n) is 3.71. The van der Waals surface area contributed by atoms with Crippen molar-refractivity contribution in [1.29, 1.82) is 0 Å². The molecule has 0 unspecified atom stereocenters. The van der Waals surface area contributed by atoms with Gasteiger partial charge in [-0.05, 0) is 63.1 Å². The van der Waals surface area contributed by atoms with Crippen molar-refractivity contribution in [3.05, 3.63) is 59.2 Å². The Labute approximate surface area is 154 Å². The molecule has 2 aromatic carbocycles. The third kappa shape index (κ3) is 5.31. The molecule has 0 heterocycles. The molecule has 0 saturated heterocycles. The summed E-state index contributed by atoms with van der Waals surface area (Å²) in [7, 11) is -3.75. The SMILES string of the molecule is Cc1ccc(C)c(S(=O)(=O)Nc2cccc(C(=O)NCC(C)(C)N)c2)c1. The fraction of sp³-hybridized carbons (Fsp3) is 0.316. The largest absolute Gasteiger partial charge is 0.350 e. The second-order valence-corrected chi connectivity index (χ2v) is 8.78. The van der Waals surface area contributed by atoms with Gasteiger partial charge < -0.3 is 11.1 Å². The van der Waals surface area contributed by atoms with E-state index in [2.05, 4.69) is 10.0 Å². The van der Waals surface area contributed by atoms with Crippen LogP contribution >= 0.6 is 0 Å². The predicted molar refractivity (Wildman–Crippen MR) is 104 cm³/mol. The van der Waals surface area contributed by atoms with Crippen LogP contribution in [0.25, 0.3) is 0 Å². The molecular weight excluding hydrogens is 350 g/mol. The van der Waals surface area contributed by atoms with Crippen LogP contribution in [0, 0.1) is 13.8 Å². The summed E-state index contributed by atoms with van der Waals surface area (Å²) >= 11 is 0. The number of rotatable bonds is 6. The molecule has 0 aliphatic rings. The van der Waals surface area contributed by atoms with Crippen LogP contribution in [0.4, 0.5) is 5.69 Å². The Morgan fingerprint density at radius 3 is 2.46 bits per heavy atom. The molecule has 0 aromatic heterocycles. The summed E-state index contributed by atoms with van der Waals surface area (Å²) in [5.74, 6) is -0.309. The molecule has 0 atom stereocenters. The van der Waals surface area contributed by atoms with Gasteiger partial charge in [-0.15, -0.1) is 0 Å². The Morgan fingerprint density at radius 2 is 1.81 bits per heavy atom. The van der Waals surface area contributed by atoms with Gasteiger partial charge in [0.15, 0.2) is 0 Å². The Kier molecular flexibility index (Phi) is 5.73. The van der Waals surface area contributed by atoms with Crippen molar-refractivity contribution < 1.29 is 13.2 Å². The maximum atomic E-state index is 12.7. The van der Waals surface area contributed by atoms with Crippen molar-refractivity contribution in [2.75, 3.05) is 11.3 Å². The van der Waals surface area contributed by atoms with E-state index < -0.39 is 15.6 Å². The van der Waals surface area contributed by atoms with Crippen LogP contribution in [0.1, 0.15) is 35.3 Å². The molecule has 0 saturated carbocycles. The third-order valence-corrected chi connectivity index (χ3v) is 5.24. The summed E-state index contributed by atoms with van der Waals surface area (Å²) in [6, 6.07) is 11.6. The number of benzene rings is 2. The molecule has 0 fully saturated rings. The number of nitrogens with one attached hydrogen (secondary N) is 2. The highest BCUT2D eigenvalue weighted by Gasteiger charge is 2.18. The van der Waals surface area contributed by atoms with Gasteiger partial charge in [-0.3, -0.25) is 9.52 Å². The van der Waals surface area contributed by atoms with E-state index in [1.165, 1.54) is 6.07 Å². The van der Waals surface area contributed by atoms with Gasteiger partial charge in [-0.2, -0.15) is 0 Å². The van der Waals surface area contributed by atoms with Gasteiger partial charge in [-0.1, -0.05) is 18.2 Å². The van der Waals surface area contributed by atoms with E-state index in [4.69, 9.17) is 5.73 Å². The summed E-state index contributed by atoms with van der Waals surface area (Å²) in [5.41, 5.74) is 7.52. The predicted octanol–water partition coefficient (Wildman–Crippen LogP) is 2.57. The highest BCUT2D eigenvalue weighted by atomic mass is 32.2. The molecule has 140 valence electrons. The number of aryl methyl sites for hydroxylation is 2. The van der Waals surface area contributed by atoms with Crippen LogP contribution in [0.5, 0.6) is 0 Å². The molecule has 0 radical (unpaired) electrons. The normalized spacial score (nSPS) is 11.9. The Balaban J connectivity index is 2.22. The summed E-state index contributed by atoms with van der Waals surface area (Å²) in [4.78, 5) is 12.5. The Hall–Kier alpha value is -2.38. The van der Waals surface area contributed by atoms with Gasteiger partial charge in [0.2, 0.25) is 0 Å². The summed E-state index contributed by atoms with van der Waals surface area (Å²) in [6.07, 6.45) is 0. The standard InChI is InChI=1S/C19H25N3O3S/c1-13-8-9-14(2)17(10-13)26(24,25)22-16-7-5-6-15(11-16)18(23)21-12-19(3,4)20/h5-11,22H,12,20H2,1-4H3,(H,21,23). The minimum Gasteiger partial charge on any atom is -0.350 e. The van der Waals surface area contributed by atoms with Crippen molar-refractivity contribution >= 4 is 21.6 Å². The van der Waals surface area contributed by atoms with Crippen LogP contribution in [0.15, 0.2) is 47.4 Å². The highest BCUT2D eigenvalue weighted by molar-refractivity contribution is 7.92. The van der Waals surface area contributed by atoms with E-state index in [0.717, 1.165) is 5.56 Å². The van der Waals surface area contributed by atoms with E-state index in [1.807, 2.05) is 26.8 Å². The zero-order valence-electron chi connectivity index (χ0n) is 15.5. The minimum atomic E-state index is -3.75. The van der Waals surface area contributed by atoms with Crippen LogP contribution < -0.4 is 15.8 Å². The fourth-order valence-corrected chi connectivity index (χ4v) is 3.72. The lowest BCUT2D eigenvalue weighted by Crippen LogP contribution is -2.45. The number of amides is 1. The molecule has 1 amide bonds. The summed E-state index contributed by atoms with van der Waals surface area (Å²) in [5, 5.41) is 2.74. The van der Waals surface area contributed by atoms with Gasteiger partial charge in [0.1, 0.15) is 0 Å². The maximum absolute atomic E-state index is 12.7. The van der Waals surface area contributed by atoms with E-state index >= 15 is 0 Å². The lowest BCUT2D eigenvalue weighted by Gasteiger charge is -2.19. The van der Waals surface area contributed by atoms with Gasteiger partial charge in [0, 0.05) is 23.3 Å². The number of carbonyl (C=O) groups excluding carboxylic acids is 1. The number of sulfonamides is 1. The van der Waals surface area contributed by atoms with Crippen LogP contribution in [-0.4, -0.2) is 26.4 Å². The molecule has 7 heteroatoms. The second-order valence-electron chi connectivity index (χ2n) is 7.13. The number of carbonyl (C=O) groups is 1. The summed E-state index contributed by atoms with van der Waals surface area (Å²) in [6.45, 7) is 7.50. The smallest absolute Gasteiger partial charge is 0.262 e. The summed E-state index contributed by atoms with van der Waals surface area (Å²) < 4.78 is 27.9. The van der Waals surface area contributed by atoms with Crippen molar-refractivity contribution in [3.63, 3.8) is 0 Å². The molecule has 6 nitrogen and oxygen atoms in total. The van der Waals surface area contributed by atoms with Crippen LogP contribution in [-0.2, 0) is 10.0 Å². The maximum Gasteiger partial charge on any atom is 0.262 e. The Morgan fingerprint density at radius 1 is 1.12 bits per heavy atom. The minimum absolute atomic E-state index is 0.220. The zero-order chi connectivity index (χ0) is 19.5. The quantitative estimate of drug-likeness (QED) is 0.722. The average Bonchev–Trinajstić information content (AvgIpc) is 2.54. The lowest BCUT2D eigenvalue weighted by atomic mass is 10.1. The molecule has 0 bridgehead atoms. The molecule has 0 aliphatic heterocycles. The van der Waals surface area contributed by atoms with Crippen molar-refractivity contribution in [1.82, 2.24) is 5.32 Å². The molecule has 2 rings (SSSR count). The van der Waals surface area contributed by atoms with Crippen molar-refractivity contribution in [2.24, 2.45) is 5.73 Å². The first kappa shape index (κ1) is 19.9. The average molecular weight is 375 g/mol. The van der Waals surface area contributed by atoms with E-state index in [0.29, 0.717) is 23.4 Å². The first-order valence-electron chi connectivity index (χ1n) is 8.25. The number of anilines is 1. The number of hydrogen-bond donors (Lipinski definition) is 3. The lowest BCUT2D eigenvalue weighted by molar-refractivity contribution is 0.0946. The molecular formula is C19H25N3O3S.